The topological polar surface area (TPSA) is 56.8 Å². The summed E-state index contributed by atoms with van der Waals surface area (Å²) in [7, 11) is 3.01. The van der Waals surface area contributed by atoms with Crippen LogP contribution in [-0.2, 0) is 16.1 Å². The summed E-state index contributed by atoms with van der Waals surface area (Å²) in [6.45, 7) is 3.91. The lowest BCUT2D eigenvalue weighted by Crippen LogP contribution is -2.18. The first-order chi connectivity index (χ1) is 10.1. The van der Waals surface area contributed by atoms with Crippen LogP contribution in [0.5, 0.6) is 11.5 Å². The van der Waals surface area contributed by atoms with Gasteiger partial charge in [-0.1, -0.05) is 6.92 Å². The Morgan fingerprint density at radius 1 is 1.33 bits per heavy atom. The second kappa shape index (κ2) is 9.63. The zero-order valence-electron chi connectivity index (χ0n) is 12.7. The average Bonchev–Trinajstić information content (AvgIpc) is 2.49. The van der Waals surface area contributed by atoms with Crippen molar-refractivity contribution in [1.29, 1.82) is 0 Å². The Morgan fingerprint density at radius 2 is 2.10 bits per heavy atom. The highest BCUT2D eigenvalue weighted by molar-refractivity contribution is 9.10. The molecule has 0 aliphatic carbocycles. The Hall–Kier alpha value is -1.27. The van der Waals surface area contributed by atoms with E-state index >= 15 is 0 Å². The largest absolute Gasteiger partial charge is 0.493 e. The van der Waals surface area contributed by atoms with Gasteiger partial charge in [-0.05, 0) is 40.0 Å². The number of nitrogens with one attached hydrogen (secondary N) is 1. The molecule has 0 amide bonds. The summed E-state index contributed by atoms with van der Waals surface area (Å²) < 4.78 is 16.5. The third-order valence-corrected chi connectivity index (χ3v) is 3.39. The molecule has 118 valence electrons. The zero-order valence-corrected chi connectivity index (χ0v) is 14.3. The zero-order chi connectivity index (χ0) is 15.7. The Morgan fingerprint density at radius 3 is 2.71 bits per heavy atom. The number of ether oxygens (including phenoxy) is 3. The van der Waals surface area contributed by atoms with E-state index in [0.717, 1.165) is 22.2 Å². The molecule has 0 aromatic heterocycles. The minimum atomic E-state index is -0.218. The summed E-state index contributed by atoms with van der Waals surface area (Å²) in [5.74, 6) is 1.20. The van der Waals surface area contributed by atoms with E-state index < -0.39 is 0 Å². The van der Waals surface area contributed by atoms with Crippen LogP contribution in [0.2, 0.25) is 0 Å². The van der Waals surface area contributed by atoms with Gasteiger partial charge in [0.15, 0.2) is 11.5 Å². The number of halogens is 1. The first-order valence-corrected chi connectivity index (χ1v) is 7.68. The number of rotatable bonds is 9. The fourth-order valence-corrected chi connectivity index (χ4v) is 2.35. The van der Waals surface area contributed by atoms with Gasteiger partial charge in [0.05, 0.1) is 31.7 Å². The van der Waals surface area contributed by atoms with Gasteiger partial charge in [-0.3, -0.25) is 4.79 Å². The minimum absolute atomic E-state index is 0.218. The van der Waals surface area contributed by atoms with E-state index in [0.29, 0.717) is 31.9 Å². The van der Waals surface area contributed by atoms with E-state index in [1.165, 1.54) is 7.11 Å². The Bertz CT molecular complexity index is 465. The summed E-state index contributed by atoms with van der Waals surface area (Å²) in [4.78, 5) is 11.0. The van der Waals surface area contributed by atoms with Gasteiger partial charge in [-0.25, -0.2) is 0 Å². The lowest BCUT2D eigenvalue weighted by molar-refractivity contribution is -0.140. The molecule has 0 fully saturated rings. The molecule has 0 saturated carbocycles. The number of esters is 1. The van der Waals surface area contributed by atoms with E-state index in [4.69, 9.17) is 9.47 Å². The van der Waals surface area contributed by atoms with Gasteiger partial charge >= 0.3 is 5.97 Å². The number of hydrogen-bond donors (Lipinski definition) is 1. The van der Waals surface area contributed by atoms with E-state index in [9.17, 15) is 4.79 Å². The fraction of sp³-hybridized carbons (Fsp3) is 0.533. The number of benzene rings is 1. The number of methoxy groups -OCH3 is 2. The molecule has 0 bridgehead atoms. The number of carbonyl (C=O) groups excluding carboxylic acids is 1. The van der Waals surface area contributed by atoms with Crippen LogP contribution >= 0.6 is 15.9 Å². The van der Waals surface area contributed by atoms with Gasteiger partial charge in [-0.2, -0.15) is 0 Å². The van der Waals surface area contributed by atoms with Gasteiger partial charge in [0.25, 0.3) is 0 Å². The number of hydrogen-bond acceptors (Lipinski definition) is 5. The standard InChI is InChI=1S/C15H22BrNO4/c1-4-7-21-15-12(16)8-11(9-13(15)19-2)10-17-6-5-14(18)20-3/h8-9,17H,4-7,10H2,1-3H3. The van der Waals surface area contributed by atoms with E-state index in [-0.39, 0.29) is 5.97 Å². The quantitative estimate of drug-likeness (QED) is 0.542. The minimum Gasteiger partial charge on any atom is -0.493 e. The molecule has 6 heteroatoms. The first kappa shape index (κ1) is 17.8. The normalized spacial score (nSPS) is 10.3. The van der Waals surface area contributed by atoms with Crippen LogP contribution in [0, 0.1) is 0 Å². The van der Waals surface area contributed by atoms with Crippen molar-refractivity contribution in [3.63, 3.8) is 0 Å². The first-order valence-electron chi connectivity index (χ1n) is 6.89. The Labute approximate surface area is 134 Å². The molecule has 1 N–H and O–H groups in total. The molecule has 0 aliphatic rings. The summed E-state index contributed by atoms with van der Waals surface area (Å²) in [5.41, 5.74) is 1.05. The van der Waals surface area contributed by atoms with Crippen molar-refractivity contribution in [2.24, 2.45) is 0 Å². The van der Waals surface area contributed by atoms with E-state index in [1.807, 2.05) is 12.1 Å². The molecule has 0 atom stereocenters. The van der Waals surface area contributed by atoms with Crippen molar-refractivity contribution >= 4 is 21.9 Å². The highest BCUT2D eigenvalue weighted by atomic mass is 79.9. The van der Waals surface area contributed by atoms with Gasteiger partial charge in [0, 0.05) is 13.1 Å². The highest BCUT2D eigenvalue weighted by Crippen LogP contribution is 2.36. The average molecular weight is 360 g/mol. The summed E-state index contributed by atoms with van der Waals surface area (Å²) in [5, 5.41) is 3.19. The lowest BCUT2D eigenvalue weighted by atomic mass is 10.2. The smallest absolute Gasteiger partial charge is 0.306 e. The fourth-order valence-electron chi connectivity index (χ4n) is 1.74. The molecule has 1 rings (SSSR count). The monoisotopic (exact) mass is 359 g/mol. The van der Waals surface area contributed by atoms with Crippen LogP contribution in [0.15, 0.2) is 16.6 Å². The molecule has 5 nitrogen and oxygen atoms in total. The highest BCUT2D eigenvalue weighted by Gasteiger charge is 2.11. The van der Waals surface area contributed by atoms with Crippen LogP contribution < -0.4 is 14.8 Å². The third kappa shape index (κ3) is 5.93. The van der Waals surface area contributed by atoms with Crippen LogP contribution in [-0.4, -0.2) is 33.3 Å². The van der Waals surface area contributed by atoms with Crippen molar-refractivity contribution in [3.8, 4) is 11.5 Å². The molecule has 0 heterocycles. The predicted octanol–water partition coefficient (Wildman–Crippen LogP) is 2.90. The molecule has 0 unspecified atom stereocenters. The van der Waals surface area contributed by atoms with Crippen molar-refractivity contribution < 1.29 is 19.0 Å². The third-order valence-electron chi connectivity index (χ3n) is 2.80. The molecular formula is C15H22BrNO4. The Kier molecular flexibility index (Phi) is 8.15. The summed E-state index contributed by atoms with van der Waals surface area (Å²) >= 11 is 3.51. The Balaban J connectivity index is 2.63. The predicted molar refractivity (Wildman–Crippen MR) is 84.8 cm³/mol. The molecule has 1 aromatic carbocycles. The molecule has 0 aliphatic heterocycles. The summed E-state index contributed by atoms with van der Waals surface area (Å²) in [6.07, 6.45) is 1.29. The number of carbonyl (C=O) groups is 1. The van der Waals surface area contributed by atoms with E-state index in [1.54, 1.807) is 7.11 Å². The van der Waals surface area contributed by atoms with Crippen molar-refractivity contribution in [2.45, 2.75) is 26.3 Å². The van der Waals surface area contributed by atoms with Crippen LogP contribution in [0.25, 0.3) is 0 Å². The van der Waals surface area contributed by atoms with Crippen molar-refractivity contribution in [1.82, 2.24) is 5.32 Å². The van der Waals surface area contributed by atoms with Crippen LogP contribution in [0.3, 0.4) is 0 Å². The molecule has 0 radical (unpaired) electrons. The second-order valence-corrected chi connectivity index (χ2v) is 5.31. The summed E-state index contributed by atoms with van der Waals surface area (Å²) in [6, 6.07) is 3.92. The van der Waals surface area contributed by atoms with Gasteiger partial charge < -0.3 is 19.5 Å². The maximum absolute atomic E-state index is 11.0. The van der Waals surface area contributed by atoms with Crippen molar-refractivity contribution in [3.05, 3.63) is 22.2 Å². The van der Waals surface area contributed by atoms with Crippen LogP contribution in [0.1, 0.15) is 25.3 Å². The van der Waals surface area contributed by atoms with Gasteiger partial charge in [0.2, 0.25) is 0 Å². The molecule has 0 saturated heterocycles. The maximum atomic E-state index is 11.0. The van der Waals surface area contributed by atoms with Crippen molar-refractivity contribution in [2.75, 3.05) is 27.4 Å². The maximum Gasteiger partial charge on any atom is 0.306 e. The van der Waals surface area contributed by atoms with Crippen LogP contribution in [0.4, 0.5) is 0 Å². The molecular weight excluding hydrogens is 338 g/mol. The van der Waals surface area contributed by atoms with Gasteiger partial charge in [-0.15, -0.1) is 0 Å². The molecule has 0 spiro atoms. The van der Waals surface area contributed by atoms with Gasteiger partial charge in [0.1, 0.15) is 0 Å². The molecule has 21 heavy (non-hydrogen) atoms. The molecule has 1 aromatic rings. The second-order valence-electron chi connectivity index (χ2n) is 4.46. The lowest BCUT2D eigenvalue weighted by Gasteiger charge is -2.14. The van der Waals surface area contributed by atoms with E-state index in [2.05, 4.69) is 32.9 Å². The SMILES string of the molecule is CCCOc1c(Br)cc(CNCCC(=O)OC)cc1OC.